The largest absolute Gasteiger partial charge is 0.465 e. The van der Waals surface area contributed by atoms with Gasteiger partial charge >= 0.3 is 19.7 Å². The van der Waals surface area contributed by atoms with Gasteiger partial charge in [-0.05, 0) is 13.8 Å². The maximum absolute atomic E-state index is 10.9. The van der Waals surface area contributed by atoms with E-state index in [0.717, 1.165) is 0 Å². The zero-order valence-electron chi connectivity index (χ0n) is 19.6. The van der Waals surface area contributed by atoms with Crippen molar-refractivity contribution < 1.29 is 48.0 Å². The van der Waals surface area contributed by atoms with Crippen LogP contribution in [0.25, 0.3) is 11.2 Å². The van der Waals surface area contributed by atoms with E-state index in [1.54, 1.807) is 13.8 Å². The van der Waals surface area contributed by atoms with E-state index >= 15 is 0 Å². The molecule has 18 heteroatoms. The van der Waals surface area contributed by atoms with Crippen molar-refractivity contribution in [3.8, 4) is 0 Å². The van der Waals surface area contributed by atoms with Crippen LogP contribution in [-0.4, -0.2) is 97.8 Å². The Morgan fingerprint density at radius 3 is 2.31 bits per heavy atom. The summed E-state index contributed by atoms with van der Waals surface area (Å²) in [5, 5.41) is 22.7. The van der Waals surface area contributed by atoms with Crippen molar-refractivity contribution in [3.05, 3.63) is 12.7 Å². The van der Waals surface area contributed by atoms with Gasteiger partial charge in [0.05, 0.1) is 39.2 Å². The molecule has 0 amide bonds. The van der Waals surface area contributed by atoms with E-state index in [-0.39, 0.29) is 30.8 Å². The number of hydrogen-bond acceptors (Lipinski definition) is 14. The molecule has 17 nitrogen and oxygen atoms in total. The fourth-order valence-corrected chi connectivity index (χ4v) is 3.38. The van der Waals surface area contributed by atoms with Gasteiger partial charge < -0.3 is 35.1 Å². The fraction of sp³-hybridized carbons (Fsp3) is 0.611. The molecule has 3 rings (SSSR count). The van der Waals surface area contributed by atoms with Gasteiger partial charge in [0.25, 0.3) is 0 Å². The highest BCUT2D eigenvalue weighted by molar-refractivity contribution is 7.50. The van der Waals surface area contributed by atoms with E-state index < -0.39 is 38.9 Å². The van der Waals surface area contributed by atoms with E-state index in [4.69, 9.17) is 20.9 Å². The quantitative estimate of drug-likeness (QED) is 0.139. The summed E-state index contributed by atoms with van der Waals surface area (Å²) in [6.45, 7) is 3.74. The fourth-order valence-electron chi connectivity index (χ4n) is 3.02. The van der Waals surface area contributed by atoms with Crippen LogP contribution in [0.4, 0.5) is 5.82 Å². The Labute approximate surface area is 205 Å². The number of nitrogens with zero attached hydrogens (tertiary/aromatic N) is 4. The second-order valence-electron chi connectivity index (χ2n) is 7.20. The highest BCUT2D eigenvalue weighted by Crippen LogP contribution is 2.36. The maximum Gasteiger partial charge on any atom is 0.400 e. The van der Waals surface area contributed by atoms with E-state index in [1.165, 1.54) is 17.2 Å². The minimum atomic E-state index is -4.22. The zero-order chi connectivity index (χ0) is 26.9. The minimum absolute atomic E-state index is 0.0344. The summed E-state index contributed by atoms with van der Waals surface area (Å²) in [4.78, 5) is 42.3. The predicted molar refractivity (Wildman–Crippen MR) is 122 cm³/mol. The van der Waals surface area contributed by atoms with Gasteiger partial charge in [-0.15, -0.1) is 0 Å². The normalized spacial score (nSPS) is 22.9. The molecule has 36 heavy (non-hydrogen) atoms. The minimum Gasteiger partial charge on any atom is -0.465 e. The van der Waals surface area contributed by atoms with Crippen molar-refractivity contribution >= 4 is 36.7 Å². The Kier molecular flexibility index (Phi) is 11.1. The molecule has 0 saturated carbocycles. The van der Waals surface area contributed by atoms with Crippen molar-refractivity contribution in [2.24, 2.45) is 5.50 Å². The lowest BCUT2D eigenvalue weighted by molar-refractivity contribution is -0.143. The summed E-state index contributed by atoms with van der Waals surface area (Å²) in [7, 11) is -4.22. The molecule has 0 radical (unpaired) electrons. The molecule has 0 aromatic carbocycles. The molecule has 0 aliphatic carbocycles. The van der Waals surface area contributed by atoms with E-state index in [0.29, 0.717) is 24.4 Å². The van der Waals surface area contributed by atoms with Crippen LogP contribution in [-0.2, 0) is 32.9 Å². The van der Waals surface area contributed by atoms with Crippen molar-refractivity contribution in [3.63, 3.8) is 0 Å². The number of esters is 2. The number of aliphatic hydroxyl groups is 2. The monoisotopic (exact) mass is 535 g/mol. The molecule has 3 heterocycles. The molecular formula is C18H30N7O10P. The van der Waals surface area contributed by atoms with Gasteiger partial charge in [0.2, 0.25) is 0 Å². The molecule has 1 aliphatic heterocycles. The number of carbonyl (C=O) groups excluding carboxylic acids is 2. The molecule has 1 unspecified atom stereocenters. The van der Waals surface area contributed by atoms with Crippen LogP contribution in [0, 0.1) is 0 Å². The first-order chi connectivity index (χ1) is 17.0. The Hall–Kier alpha value is -2.76. The number of nitrogen functional groups attached to an aromatic ring is 1. The third-order valence-corrected chi connectivity index (χ3v) is 5.09. The van der Waals surface area contributed by atoms with Crippen LogP contribution in [0.15, 0.2) is 12.7 Å². The lowest BCUT2D eigenvalue weighted by atomic mass is 10.1. The van der Waals surface area contributed by atoms with Gasteiger partial charge in [0, 0.05) is 0 Å². The number of nitrogens with one attached hydrogen (secondary N) is 1. The number of rotatable bonds is 10. The number of carbonyl (C=O) groups is 2. The molecular weight excluding hydrogens is 505 g/mol. The number of fused-ring (bicyclic) bond motifs is 1. The molecule has 0 spiro atoms. The molecule has 8 N–H and O–H groups in total. The summed E-state index contributed by atoms with van der Waals surface area (Å²) in [5.41, 5.74) is 11.2. The highest BCUT2D eigenvalue weighted by Gasteiger charge is 2.45. The van der Waals surface area contributed by atoms with Gasteiger partial charge in [-0.25, -0.2) is 25.0 Å². The van der Waals surface area contributed by atoms with Crippen molar-refractivity contribution in [2.45, 2.75) is 38.4 Å². The Morgan fingerprint density at radius 1 is 1.14 bits per heavy atom. The number of hydrogen-bond donors (Lipinski definition) is 6. The summed E-state index contributed by atoms with van der Waals surface area (Å²) in [5.74, 6) is -0.579. The number of aromatic nitrogens is 4. The van der Waals surface area contributed by atoms with Crippen molar-refractivity contribution in [1.82, 2.24) is 24.8 Å². The van der Waals surface area contributed by atoms with E-state index in [1.807, 2.05) is 0 Å². The first-order valence-corrected chi connectivity index (χ1v) is 12.4. The lowest BCUT2D eigenvalue weighted by Crippen LogP contribution is -2.33. The molecule has 1 aliphatic rings. The standard InChI is InChI=1S/C10H15N6O6P.C8H15NO4/c11-8-5-9(14-2-13-8)16(3-15-5)10-7(18)6(17)4(22-10)1-21-23(12,19)20;1-3-12-7(10)5-9-6-8(11)13-4-2/h2-4,6-7,10,17-18H,1H2,(H2,11,13,14)(H3,12,19,20);9H,3-6H2,1-2H3/t4-,6-,7-,10-;/m1./s1. The Balaban J connectivity index is 0.000000302. The van der Waals surface area contributed by atoms with E-state index in [2.05, 4.69) is 34.3 Å². The van der Waals surface area contributed by atoms with Crippen LogP contribution in [0.2, 0.25) is 0 Å². The number of nitrogens with two attached hydrogens (primary N) is 2. The van der Waals surface area contributed by atoms with Gasteiger partial charge in [-0.1, -0.05) is 0 Å². The Bertz CT molecular complexity index is 1050. The number of aliphatic hydroxyl groups excluding tert-OH is 2. The van der Waals surface area contributed by atoms with E-state index in [9.17, 15) is 24.4 Å². The smallest absolute Gasteiger partial charge is 0.400 e. The summed E-state index contributed by atoms with van der Waals surface area (Å²) in [6.07, 6.45) is -2.23. The molecule has 2 aromatic rings. The van der Waals surface area contributed by atoms with Crippen molar-refractivity contribution in [2.75, 3.05) is 38.6 Å². The molecule has 2 aromatic heterocycles. The van der Waals surface area contributed by atoms with Crippen LogP contribution < -0.4 is 16.6 Å². The third kappa shape index (κ3) is 8.42. The van der Waals surface area contributed by atoms with Gasteiger partial charge in [0.15, 0.2) is 17.7 Å². The number of imidazole rings is 1. The van der Waals surface area contributed by atoms with Gasteiger partial charge in [-0.2, -0.15) is 0 Å². The molecule has 0 bridgehead atoms. The Morgan fingerprint density at radius 2 is 1.75 bits per heavy atom. The molecule has 5 atom stereocenters. The predicted octanol–water partition coefficient (Wildman–Crippen LogP) is -2.19. The zero-order valence-corrected chi connectivity index (χ0v) is 20.5. The second kappa shape index (κ2) is 13.5. The first-order valence-electron chi connectivity index (χ1n) is 10.7. The summed E-state index contributed by atoms with van der Waals surface area (Å²) < 4.78 is 31.6. The third-order valence-electron chi connectivity index (χ3n) is 4.57. The highest BCUT2D eigenvalue weighted by atomic mass is 31.2. The van der Waals surface area contributed by atoms with Crippen LogP contribution >= 0.6 is 7.75 Å². The first kappa shape index (κ1) is 29.5. The number of anilines is 1. The summed E-state index contributed by atoms with van der Waals surface area (Å²) >= 11 is 0. The topological polar surface area (TPSA) is 256 Å². The maximum atomic E-state index is 10.9. The SMILES string of the molecule is CCOC(=O)CNCC(=O)OCC.Nc1ncnc2c1ncn2[C@@H]1O[C@H](COP(N)(=O)O)[C@@H](O)[C@H]1O. The van der Waals surface area contributed by atoms with Crippen LogP contribution in [0.5, 0.6) is 0 Å². The molecule has 1 fully saturated rings. The molecule has 202 valence electrons. The average Bonchev–Trinajstić information content (AvgIpc) is 3.35. The molecule has 1 saturated heterocycles. The second-order valence-corrected chi connectivity index (χ2v) is 8.59. The number of ether oxygens (including phenoxy) is 3. The van der Waals surface area contributed by atoms with Crippen LogP contribution in [0.3, 0.4) is 0 Å². The van der Waals surface area contributed by atoms with Crippen molar-refractivity contribution in [1.29, 1.82) is 0 Å². The van der Waals surface area contributed by atoms with Gasteiger partial charge in [-0.3, -0.25) is 24.0 Å². The van der Waals surface area contributed by atoms with Gasteiger partial charge in [0.1, 0.15) is 30.2 Å². The lowest BCUT2D eigenvalue weighted by Gasteiger charge is -2.16. The van der Waals surface area contributed by atoms with Crippen LogP contribution in [0.1, 0.15) is 20.1 Å². The summed E-state index contributed by atoms with van der Waals surface area (Å²) in [6, 6.07) is 0. The average molecular weight is 535 g/mol.